The van der Waals surface area contributed by atoms with E-state index in [9.17, 15) is 28.5 Å². The number of aryl methyl sites for hydroxylation is 1. The van der Waals surface area contributed by atoms with Crippen molar-refractivity contribution >= 4 is 21.6 Å². The number of ether oxygens (including phenoxy) is 1. The summed E-state index contributed by atoms with van der Waals surface area (Å²) >= 11 is 1.52. The molecule has 0 saturated carbocycles. The molecule has 0 radical (unpaired) electrons. The first kappa shape index (κ1) is 25.6. The summed E-state index contributed by atoms with van der Waals surface area (Å²) in [5.74, 6) is -4.11. The number of fused-ring (bicyclic) bond motifs is 1. The number of thiazole rings is 1. The third-order valence-electron chi connectivity index (χ3n) is 6.70. The van der Waals surface area contributed by atoms with Gasteiger partial charge < -0.3 is 20.1 Å². The number of hydrogen-bond acceptors (Lipinski definition) is 9. The molecule has 6 rings (SSSR count). The lowest BCUT2D eigenvalue weighted by molar-refractivity contribution is -0.210. The van der Waals surface area contributed by atoms with Crippen molar-refractivity contribution in [1.82, 2.24) is 29.5 Å². The topological polar surface area (TPSA) is 131 Å². The van der Waals surface area contributed by atoms with Crippen LogP contribution in [-0.2, 0) is 4.74 Å². The van der Waals surface area contributed by atoms with Gasteiger partial charge in [0.05, 0.1) is 28.0 Å². The normalized spacial score (nSPS) is 23.5. The number of hydrogen-bond donors (Lipinski definition) is 3. The molecule has 14 heteroatoms. The summed E-state index contributed by atoms with van der Waals surface area (Å²) < 4.78 is 50.7. The molecular formula is C25H21F3N6O4S. The Bertz CT molecular complexity index is 1650. The lowest BCUT2D eigenvalue weighted by Crippen LogP contribution is -2.53. The molecule has 0 spiro atoms. The van der Waals surface area contributed by atoms with Gasteiger partial charge in [-0.05, 0) is 42.8 Å². The lowest BCUT2D eigenvalue weighted by atomic mass is 9.92. The Labute approximate surface area is 222 Å². The van der Waals surface area contributed by atoms with Crippen LogP contribution in [0.25, 0.3) is 27.0 Å². The number of aromatic nitrogens is 6. The second kappa shape index (κ2) is 9.81. The fraction of sp³-hybridized carbons (Fsp3) is 0.280. The summed E-state index contributed by atoms with van der Waals surface area (Å²) in [5, 5.41) is 45.5. The molecule has 2 unspecified atom stereocenters. The molecule has 202 valence electrons. The van der Waals surface area contributed by atoms with E-state index >= 15 is 0 Å². The van der Waals surface area contributed by atoms with Crippen molar-refractivity contribution in [2.45, 2.75) is 37.4 Å². The molecule has 0 aliphatic carbocycles. The second-order valence-electron chi connectivity index (χ2n) is 9.16. The highest BCUT2D eigenvalue weighted by molar-refractivity contribution is 7.18. The van der Waals surface area contributed by atoms with Gasteiger partial charge in [-0.2, -0.15) is 5.10 Å². The van der Waals surface area contributed by atoms with Crippen LogP contribution in [0.1, 0.15) is 23.0 Å². The standard InChI is InChI=1S/C25H21F3N6O4S/c1-11-31-17-3-2-14(6-19(17)39-11)33-10-29-32-25(33)24-23(37)21(22(36)18(9-35)38-24)34-8-13(7-30-34)12-4-15(26)20(28)16(27)5-12/h2-8,10,18,21-24,35-37H,9H2,1H3/t18?,21?,22-,23-,24+/m0/s1. The predicted octanol–water partition coefficient (Wildman–Crippen LogP) is 2.86. The van der Waals surface area contributed by atoms with Crippen molar-refractivity contribution in [1.29, 1.82) is 0 Å². The van der Waals surface area contributed by atoms with Gasteiger partial charge in [-0.15, -0.1) is 21.5 Å². The van der Waals surface area contributed by atoms with Crippen molar-refractivity contribution in [3.05, 3.63) is 77.3 Å². The van der Waals surface area contributed by atoms with Gasteiger partial charge in [0.15, 0.2) is 23.3 Å². The van der Waals surface area contributed by atoms with Crippen LogP contribution >= 0.6 is 11.3 Å². The highest BCUT2D eigenvalue weighted by Gasteiger charge is 2.48. The number of aliphatic hydroxyl groups is 3. The van der Waals surface area contributed by atoms with Crippen LogP contribution in [-0.4, -0.2) is 69.8 Å². The molecule has 5 aromatic rings. The van der Waals surface area contributed by atoms with Gasteiger partial charge in [0.1, 0.15) is 36.8 Å². The SMILES string of the molecule is Cc1nc2ccc(-n3cnnc3[C@@H]3OC(CO)[C@H](O)C(n4cc(-c5cc(F)c(F)c(F)c5)cn4)[C@@H]3O)cc2s1. The first-order valence-corrected chi connectivity index (χ1v) is 12.7. The van der Waals surface area contributed by atoms with Crippen molar-refractivity contribution < 1.29 is 33.2 Å². The Hall–Kier alpha value is -3.69. The van der Waals surface area contributed by atoms with Gasteiger partial charge in [0.2, 0.25) is 0 Å². The van der Waals surface area contributed by atoms with Crippen molar-refractivity contribution in [3.63, 3.8) is 0 Å². The summed E-state index contributed by atoms with van der Waals surface area (Å²) in [6, 6.07) is 6.06. The maximum absolute atomic E-state index is 13.8. The van der Waals surface area contributed by atoms with Gasteiger partial charge in [0, 0.05) is 17.4 Å². The van der Waals surface area contributed by atoms with Crippen LogP contribution in [0, 0.1) is 24.4 Å². The Kier molecular flexibility index (Phi) is 6.43. The third kappa shape index (κ3) is 4.39. The molecule has 0 bridgehead atoms. The van der Waals surface area contributed by atoms with Crippen LogP contribution in [0.4, 0.5) is 13.2 Å². The van der Waals surface area contributed by atoms with Gasteiger partial charge >= 0.3 is 0 Å². The highest BCUT2D eigenvalue weighted by Crippen LogP contribution is 2.39. The summed E-state index contributed by atoms with van der Waals surface area (Å²) in [6.07, 6.45) is -1.06. The first-order chi connectivity index (χ1) is 18.7. The van der Waals surface area contributed by atoms with Crippen LogP contribution in [0.15, 0.2) is 49.1 Å². The fourth-order valence-electron chi connectivity index (χ4n) is 4.82. The molecule has 10 nitrogen and oxygen atoms in total. The van der Waals surface area contributed by atoms with Crippen molar-refractivity contribution in [3.8, 4) is 16.8 Å². The zero-order chi connectivity index (χ0) is 27.4. The smallest absolute Gasteiger partial charge is 0.194 e. The van der Waals surface area contributed by atoms with Gasteiger partial charge in [-0.1, -0.05) is 0 Å². The molecule has 2 aromatic carbocycles. The number of aliphatic hydroxyl groups excluding tert-OH is 3. The van der Waals surface area contributed by atoms with E-state index in [1.807, 2.05) is 25.1 Å². The van der Waals surface area contributed by atoms with E-state index in [0.717, 1.165) is 27.4 Å². The lowest BCUT2D eigenvalue weighted by Gasteiger charge is -2.41. The maximum Gasteiger partial charge on any atom is 0.194 e. The Morgan fingerprint density at radius 1 is 1.05 bits per heavy atom. The van der Waals surface area contributed by atoms with E-state index in [1.54, 1.807) is 4.57 Å². The predicted molar refractivity (Wildman–Crippen MR) is 133 cm³/mol. The largest absolute Gasteiger partial charge is 0.394 e. The Morgan fingerprint density at radius 2 is 1.82 bits per heavy atom. The summed E-state index contributed by atoms with van der Waals surface area (Å²) in [5.41, 5.74) is 1.75. The molecule has 3 N–H and O–H groups in total. The van der Waals surface area contributed by atoms with E-state index in [0.29, 0.717) is 5.69 Å². The van der Waals surface area contributed by atoms with E-state index in [1.165, 1.54) is 34.7 Å². The monoisotopic (exact) mass is 558 g/mol. The molecule has 4 heterocycles. The van der Waals surface area contributed by atoms with Gasteiger partial charge in [-0.3, -0.25) is 9.25 Å². The molecular weight excluding hydrogens is 537 g/mol. The van der Waals surface area contributed by atoms with E-state index in [4.69, 9.17) is 4.74 Å². The minimum absolute atomic E-state index is 0.0115. The highest BCUT2D eigenvalue weighted by atomic mass is 32.1. The van der Waals surface area contributed by atoms with Crippen molar-refractivity contribution in [2.24, 2.45) is 0 Å². The molecule has 3 aromatic heterocycles. The Balaban J connectivity index is 1.36. The van der Waals surface area contributed by atoms with Gasteiger partial charge in [-0.25, -0.2) is 18.2 Å². The molecule has 1 saturated heterocycles. The first-order valence-electron chi connectivity index (χ1n) is 11.8. The molecule has 1 aliphatic rings. The number of benzene rings is 2. The van der Waals surface area contributed by atoms with Crippen LogP contribution in [0.2, 0.25) is 0 Å². The average Bonchev–Trinajstić information content (AvgIpc) is 3.66. The van der Waals surface area contributed by atoms with Crippen LogP contribution in [0.5, 0.6) is 0 Å². The molecule has 1 fully saturated rings. The quantitative estimate of drug-likeness (QED) is 0.281. The summed E-state index contributed by atoms with van der Waals surface area (Å²) in [4.78, 5) is 4.46. The zero-order valence-electron chi connectivity index (χ0n) is 20.2. The summed E-state index contributed by atoms with van der Waals surface area (Å²) in [7, 11) is 0. The number of nitrogens with zero attached hydrogens (tertiary/aromatic N) is 6. The van der Waals surface area contributed by atoms with Gasteiger partial charge in [0.25, 0.3) is 0 Å². The second-order valence-corrected chi connectivity index (χ2v) is 10.4. The number of halogens is 3. The molecule has 39 heavy (non-hydrogen) atoms. The zero-order valence-corrected chi connectivity index (χ0v) is 21.0. The van der Waals surface area contributed by atoms with E-state index < -0.39 is 54.5 Å². The Morgan fingerprint density at radius 3 is 2.56 bits per heavy atom. The summed E-state index contributed by atoms with van der Waals surface area (Å²) in [6.45, 7) is 1.33. The average molecular weight is 559 g/mol. The molecule has 1 aliphatic heterocycles. The third-order valence-corrected chi connectivity index (χ3v) is 7.64. The van der Waals surface area contributed by atoms with E-state index in [2.05, 4.69) is 20.3 Å². The van der Waals surface area contributed by atoms with Crippen molar-refractivity contribution in [2.75, 3.05) is 6.61 Å². The minimum Gasteiger partial charge on any atom is -0.394 e. The molecule has 5 atom stereocenters. The van der Waals surface area contributed by atoms with Crippen LogP contribution < -0.4 is 0 Å². The van der Waals surface area contributed by atoms with Crippen LogP contribution in [0.3, 0.4) is 0 Å². The fourth-order valence-corrected chi connectivity index (χ4v) is 5.68. The number of rotatable bonds is 5. The minimum atomic E-state index is -1.59. The molecule has 0 amide bonds. The van der Waals surface area contributed by atoms with E-state index in [-0.39, 0.29) is 17.0 Å². The maximum atomic E-state index is 13.8.